The number of amides is 1. The summed E-state index contributed by atoms with van der Waals surface area (Å²) in [5.74, 6) is 0.0334. The van der Waals surface area contributed by atoms with Crippen LogP contribution in [0.1, 0.15) is 19.4 Å². The number of anilines is 3. The van der Waals surface area contributed by atoms with Gasteiger partial charge in [0.1, 0.15) is 18.1 Å². The maximum absolute atomic E-state index is 12.8. The van der Waals surface area contributed by atoms with E-state index in [0.29, 0.717) is 40.1 Å². The molecule has 0 spiro atoms. The van der Waals surface area contributed by atoms with Crippen molar-refractivity contribution in [1.29, 1.82) is 5.26 Å². The first kappa shape index (κ1) is 30.3. The average molecular weight is 616 g/mol. The Labute approximate surface area is 236 Å². The zero-order valence-corrected chi connectivity index (χ0v) is 24.7. The van der Waals surface area contributed by atoms with Gasteiger partial charge in [-0.25, -0.2) is 0 Å². The minimum atomic E-state index is -3.23. The fraction of sp³-hybridized carbons (Fsp3) is 0.296. The number of nitriles is 1. The molecule has 0 aliphatic carbocycles. The Morgan fingerprint density at radius 1 is 1.23 bits per heavy atom. The molecule has 0 aliphatic rings. The summed E-state index contributed by atoms with van der Waals surface area (Å²) in [6, 6.07) is 13.2. The van der Waals surface area contributed by atoms with Gasteiger partial charge in [-0.1, -0.05) is 28.1 Å². The Kier molecular flexibility index (Phi) is 11.0. The van der Waals surface area contributed by atoms with Crippen molar-refractivity contribution in [1.82, 2.24) is 9.88 Å². The highest BCUT2D eigenvalue weighted by Crippen LogP contribution is 2.48. The molecule has 12 heteroatoms. The Balaban J connectivity index is 1.82. The van der Waals surface area contributed by atoms with E-state index < -0.39 is 7.60 Å². The number of carbonyl (C=O) groups excluding carboxylic acids is 1. The number of benzene rings is 2. The van der Waals surface area contributed by atoms with Crippen molar-refractivity contribution in [3.8, 4) is 11.8 Å². The lowest BCUT2D eigenvalue weighted by Gasteiger charge is -2.22. The van der Waals surface area contributed by atoms with E-state index in [9.17, 15) is 14.6 Å². The van der Waals surface area contributed by atoms with E-state index in [2.05, 4.69) is 37.6 Å². The summed E-state index contributed by atoms with van der Waals surface area (Å²) in [6.45, 7) is 4.43. The predicted molar refractivity (Wildman–Crippen MR) is 157 cm³/mol. The van der Waals surface area contributed by atoms with E-state index in [1.54, 1.807) is 44.0 Å². The van der Waals surface area contributed by atoms with Crippen molar-refractivity contribution in [3.63, 3.8) is 0 Å². The van der Waals surface area contributed by atoms with Gasteiger partial charge in [0.2, 0.25) is 5.91 Å². The standard InChI is InChI=1S/C27H31BrN5O5P/c1-5-37-39(35,38-6-2)18-33(3)12-8-11-26(34)32-24-14-22-23(15-25(24)36-4)30-17-19(16-29)27(22)31-21-10-7-9-20(28)13-21/h7-11,13-15,17H,5-6,12,18H2,1-4H3,(H,30,31)(H,32,34)/b11-8+. The van der Waals surface area contributed by atoms with Crippen molar-refractivity contribution >= 4 is 57.4 Å². The number of halogens is 1. The third-order valence-corrected chi connectivity index (χ3v) is 8.04. The summed E-state index contributed by atoms with van der Waals surface area (Å²) in [7, 11) is 0.0331. The number of nitrogens with one attached hydrogen (secondary N) is 2. The number of ether oxygens (including phenoxy) is 1. The number of methoxy groups -OCH3 is 1. The molecule has 0 saturated carbocycles. The zero-order chi connectivity index (χ0) is 28.4. The molecule has 206 valence electrons. The predicted octanol–water partition coefficient (Wildman–Crippen LogP) is 6.27. The second-order valence-corrected chi connectivity index (χ2v) is 11.3. The minimum Gasteiger partial charge on any atom is -0.494 e. The van der Waals surface area contributed by atoms with Crippen LogP contribution in [0.15, 0.2) is 59.2 Å². The molecule has 0 fully saturated rings. The number of carbonyl (C=O) groups is 1. The topological polar surface area (TPSA) is 126 Å². The molecule has 2 aromatic carbocycles. The van der Waals surface area contributed by atoms with Crippen LogP contribution in [0.25, 0.3) is 10.9 Å². The van der Waals surface area contributed by atoms with Crippen LogP contribution in [0.4, 0.5) is 17.1 Å². The number of pyridine rings is 1. The van der Waals surface area contributed by atoms with Gasteiger partial charge >= 0.3 is 7.60 Å². The largest absolute Gasteiger partial charge is 0.494 e. The Bertz CT molecular complexity index is 1430. The monoisotopic (exact) mass is 615 g/mol. The SMILES string of the molecule is CCOP(=O)(CN(C)C/C=C/C(=O)Nc1cc2c(Nc3cccc(Br)c3)c(C#N)cnc2cc1OC)OCC. The number of likely N-dealkylation sites (N-methyl/N-ethyl adjacent to an activating group) is 1. The number of rotatable bonds is 13. The average Bonchev–Trinajstić information content (AvgIpc) is 2.88. The third-order valence-electron chi connectivity index (χ3n) is 5.41. The number of nitrogens with zero attached hydrogens (tertiary/aromatic N) is 3. The molecule has 0 unspecified atom stereocenters. The summed E-state index contributed by atoms with van der Waals surface area (Å²) in [5, 5.41) is 16.5. The van der Waals surface area contributed by atoms with Gasteiger partial charge in [-0.05, 0) is 45.2 Å². The third kappa shape index (κ3) is 8.36. The lowest BCUT2D eigenvalue weighted by Crippen LogP contribution is -2.22. The normalized spacial score (nSPS) is 11.6. The van der Waals surface area contributed by atoms with Crippen LogP contribution in [0.5, 0.6) is 5.75 Å². The van der Waals surface area contributed by atoms with E-state index in [0.717, 1.165) is 10.2 Å². The van der Waals surface area contributed by atoms with Crippen LogP contribution in [-0.4, -0.2) is 56.0 Å². The van der Waals surface area contributed by atoms with E-state index >= 15 is 0 Å². The number of hydrogen-bond donors (Lipinski definition) is 2. The van der Waals surface area contributed by atoms with Crippen LogP contribution in [-0.2, 0) is 18.4 Å². The van der Waals surface area contributed by atoms with Gasteiger partial charge in [-0.15, -0.1) is 0 Å². The summed E-state index contributed by atoms with van der Waals surface area (Å²) >= 11 is 3.46. The second kappa shape index (κ2) is 14.2. The first-order chi connectivity index (χ1) is 18.7. The molecular formula is C27H31BrN5O5P. The quantitative estimate of drug-likeness (QED) is 0.169. The van der Waals surface area contributed by atoms with Gasteiger partial charge in [0.25, 0.3) is 0 Å². The maximum atomic E-state index is 12.8. The molecular weight excluding hydrogens is 585 g/mol. The second-order valence-electron chi connectivity index (χ2n) is 8.38. The molecule has 1 amide bonds. The first-order valence-electron chi connectivity index (χ1n) is 12.2. The van der Waals surface area contributed by atoms with Gasteiger partial charge in [0.05, 0.1) is 42.8 Å². The van der Waals surface area contributed by atoms with Crippen molar-refractivity contribution in [2.75, 3.05) is 50.8 Å². The van der Waals surface area contributed by atoms with E-state index in [-0.39, 0.29) is 25.4 Å². The van der Waals surface area contributed by atoms with Crippen LogP contribution in [0.2, 0.25) is 0 Å². The number of fused-ring (bicyclic) bond motifs is 1. The van der Waals surface area contributed by atoms with Crippen LogP contribution >= 0.6 is 23.5 Å². The number of hydrogen-bond acceptors (Lipinski definition) is 9. The van der Waals surface area contributed by atoms with Gasteiger partial charge in [-0.3, -0.25) is 19.2 Å². The fourth-order valence-corrected chi connectivity index (χ4v) is 5.93. The van der Waals surface area contributed by atoms with Gasteiger partial charge in [-0.2, -0.15) is 5.26 Å². The molecule has 2 N–H and O–H groups in total. The molecule has 0 saturated heterocycles. The Hall–Kier alpha value is -3.26. The number of aromatic nitrogens is 1. The highest BCUT2D eigenvalue weighted by atomic mass is 79.9. The van der Waals surface area contributed by atoms with Gasteiger partial charge < -0.3 is 24.4 Å². The summed E-state index contributed by atoms with van der Waals surface area (Å²) < 4.78 is 29.7. The van der Waals surface area contributed by atoms with Gasteiger partial charge in [0, 0.05) is 40.4 Å². The molecule has 39 heavy (non-hydrogen) atoms. The fourth-order valence-electron chi connectivity index (χ4n) is 3.80. The first-order valence-corrected chi connectivity index (χ1v) is 14.7. The highest BCUT2D eigenvalue weighted by molar-refractivity contribution is 9.10. The summed E-state index contributed by atoms with van der Waals surface area (Å²) in [6.07, 6.45) is 4.63. The lowest BCUT2D eigenvalue weighted by atomic mass is 10.1. The van der Waals surface area contributed by atoms with Crippen molar-refractivity contribution < 1.29 is 23.1 Å². The lowest BCUT2D eigenvalue weighted by molar-refractivity contribution is -0.111. The van der Waals surface area contributed by atoms with Crippen molar-refractivity contribution in [2.24, 2.45) is 0 Å². The molecule has 3 rings (SSSR count). The molecule has 0 bridgehead atoms. The molecule has 0 aliphatic heterocycles. The van der Waals surface area contributed by atoms with Gasteiger partial charge in [0.15, 0.2) is 0 Å². The maximum Gasteiger partial charge on any atom is 0.344 e. The smallest absolute Gasteiger partial charge is 0.344 e. The van der Waals surface area contributed by atoms with E-state index in [1.165, 1.54) is 19.4 Å². The van der Waals surface area contributed by atoms with Crippen molar-refractivity contribution in [3.05, 3.63) is 64.8 Å². The van der Waals surface area contributed by atoms with Crippen molar-refractivity contribution in [2.45, 2.75) is 13.8 Å². The molecule has 3 aromatic rings. The Morgan fingerprint density at radius 2 is 1.97 bits per heavy atom. The molecule has 1 aromatic heterocycles. The molecule has 0 atom stereocenters. The van der Waals surface area contributed by atoms with E-state index in [4.69, 9.17) is 13.8 Å². The van der Waals surface area contributed by atoms with Crippen LogP contribution < -0.4 is 15.4 Å². The molecule has 1 heterocycles. The summed E-state index contributed by atoms with van der Waals surface area (Å²) in [4.78, 5) is 18.9. The zero-order valence-electron chi connectivity index (χ0n) is 22.2. The summed E-state index contributed by atoms with van der Waals surface area (Å²) in [5.41, 5.74) is 2.69. The molecule has 10 nitrogen and oxygen atoms in total. The minimum absolute atomic E-state index is 0.0983. The highest BCUT2D eigenvalue weighted by Gasteiger charge is 2.25. The van der Waals surface area contributed by atoms with Crippen LogP contribution in [0, 0.1) is 11.3 Å². The van der Waals surface area contributed by atoms with Crippen LogP contribution in [0.3, 0.4) is 0 Å². The molecule has 0 radical (unpaired) electrons. The van der Waals surface area contributed by atoms with E-state index in [1.807, 2.05) is 24.3 Å². The Morgan fingerprint density at radius 3 is 2.62 bits per heavy atom.